The molecule has 0 saturated heterocycles. The van der Waals surface area contributed by atoms with Crippen molar-refractivity contribution < 1.29 is 28.5 Å². The third-order valence-electron chi connectivity index (χ3n) is 4.55. The number of anilines is 1. The normalized spacial score (nSPS) is 10.5. The largest absolute Gasteiger partial charge is 0.493 e. The molecule has 0 aromatic heterocycles. The lowest BCUT2D eigenvalue weighted by Crippen LogP contribution is -2.20. The van der Waals surface area contributed by atoms with Crippen LogP contribution < -0.4 is 19.5 Å². The van der Waals surface area contributed by atoms with Gasteiger partial charge in [-0.05, 0) is 53.6 Å². The van der Waals surface area contributed by atoms with Crippen LogP contribution in [0.3, 0.4) is 0 Å². The molecule has 3 aromatic carbocycles. The minimum absolute atomic E-state index is 0.401. The molecule has 0 spiro atoms. The molecule has 0 aliphatic heterocycles. The van der Waals surface area contributed by atoms with Crippen molar-refractivity contribution in [3.05, 3.63) is 90.0 Å². The molecule has 7 nitrogen and oxygen atoms in total. The fraction of sp³-hybridized carbons (Fsp3) is 0.154. The van der Waals surface area contributed by atoms with E-state index < -0.39 is 18.5 Å². The van der Waals surface area contributed by atoms with E-state index in [4.69, 9.17) is 18.9 Å². The third kappa shape index (κ3) is 7.43. The number of benzene rings is 3. The first-order chi connectivity index (χ1) is 16.1. The molecule has 33 heavy (non-hydrogen) atoms. The SMILES string of the molecule is COc1ccc(/C=C/C(=O)OCC(=O)Nc2ccc(OCc3ccccc3)cc2)cc1OC. The Kier molecular flexibility index (Phi) is 8.48. The van der Waals surface area contributed by atoms with Crippen molar-refractivity contribution in [3.8, 4) is 17.2 Å². The maximum absolute atomic E-state index is 12.1. The van der Waals surface area contributed by atoms with Gasteiger partial charge in [0.25, 0.3) is 5.91 Å². The fourth-order valence-electron chi connectivity index (χ4n) is 2.88. The Labute approximate surface area is 192 Å². The van der Waals surface area contributed by atoms with Crippen molar-refractivity contribution >= 4 is 23.6 Å². The summed E-state index contributed by atoms with van der Waals surface area (Å²) in [7, 11) is 3.08. The Morgan fingerprint density at radius 3 is 2.30 bits per heavy atom. The summed E-state index contributed by atoms with van der Waals surface area (Å²) in [6.45, 7) is 0.0562. The van der Waals surface area contributed by atoms with Gasteiger partial charge in [-0.3, -0.25) is 4.79 Å². The summed E-state index contributed by atoms with van der Waals surface area (Å²) in [5, 5.41) is 2.67. The zero-order valence-corrected chi connectivity index (χ0v) is 18.4. The summed E-state index contributed by atoms with van der Waals surface area (Å²) in [6.07, 6.45) is 2.81. The first-order valence-corrected chi connectivity index (χ1v) is 10.2. The molecule has 1 amide bonds. The molecule has 3 rings (SSSR count). The van der Waals surface area contributed by atoms with Gasteiger partial charge in [-0.1, -0.05) is 36.4 Å². The molecule has 0 aliphatic carbocycles. The quantitative estimate of drug-likeness (QED) is 0.365. The van der Waals surface area contributed by atoms with Crippen molar-refractivity contribution in [3.63, 3.8) is 0 Å². The van der Waals surface area contributed by atoms with E-state index in [2.05, 4.69) is 5.32 Å². The molecule has 0 saturated carbocycles. The van der Waals surface area contributed by atoms with Crippen LogP contribution in [0.25, 0.3) is 6.08 Å². The predicted molar refractivity (Wildman–Crippen MR) is 125 cm³/mol. The van der Waals surface area contributed by atoms with Crippen LogP contribution >= 0.6 is 0 Å². The topological polar surface area (TPSA) is 83.1 Å². The van der Waals surface area contributed by atoms with Crippen molar-refractivity contribution in [2.24, 2.45) is 0 Å². The number of ether oxygens (including phenoxy) is 4. The summed E-state index contributed by atoms with van der Waals surface area (Å²) in [5.41, 5.74) is 2.37. The van der Waals surface area contributed by atoms with Crippen LogP contribution in [0.4, 0.5) is 5.69 Å². The van der Waals surface area contributed by atoms with Crippen LogP contribution in [0.15, 0.2) is 78.9 Å². The van der Waals surface area contributed by atoms with Gasteiger partial charge in [0, 0.05) is 11.8 Å². The summed E-state index contributed by atoms with van der Waals surface area (Å²) in [6, 6.07) is 22.0. The van der Waals surface area contributed by atoms with Crippen LogP contribution in [-0.2, 0) is 20.9 Å². The van der Waals surface area contributed by atoms with Gasteiger partial charge in [0.2, 0.25) is 0 Å². The van der Waals surface area contributed by atoms with Gasteiger partial charge in [0.05, 0.1) is 14.2 Å². The highest BCUT2D eigenvalue weighted by Crippen LogP contribution is 2.28. The maximum atomic E-state index is 12.1. The monoisotopic (exact) mass is 447 g/mol. The fourth-order valence-corrected chi connectivity index (χ4v) is 2.88. The Hall–Kier alpha value is -4.26. The Morgan fingerprint density at radius 1 is 0.879 bits per heavy atom. The van der Waals surface area contributed by atoms with E-state index in [0.29, 0.717) is 29.5 Å². The number of esters is 1. The second-order valence-corrected chi connectivity index (χ2v) is 6.90. The molecule has 0 unspecified atom stereocenters. The zero-order chi connectivity index (χ0) is 23.5. The van der Waals surface area contributed by atoms with Gasteiger partial charge in [0.15, 0.2) is 18.1 Å². The molecule has 0 aliphatic rings. The summed E-state index contributed by atoms with van der Waals surface area (Å²) in [5.74, 6) is 0.738. The first-order valence-electron chi connectivity index (χ1n) is 10.2. The zero-order valence-electron chi connectivity index (χ0n) is 18.4. The summed E-state index contributed by atoms with van der Waals surface area (Å²) >= 11 is 0. The number of nitrogens with one attached hydrogen (secondary N) is 1. The molecular weight excluding hydrogens is 422 g/mol. The van der Waals surface area contributed by atoms with Crippen LogP contribution in [0, 0.1) is 0 Å². The predicted octanol–water partition coefficient (Wildman–Crippen LogP) is 4.48. The highest BCUT2D eigenvalue weighted by Gasteiger charge is 2.07. The van der Waals surface area contributed by atoms with Crippen molar-refractivity contribution in [1.29, 1.82) is 0 Å². The molecule has 0 radical (unpaired) electrons. The van der Waals surface area contributed by atoms with Crippen molar-refractivity contribution in [2.75, 3.05) is 26.1 Å². The molecule has 170 valence electrons. The lowest BCUT2D eigenvalue weighted by Gasteiger charge is -2.09. The Bertz CT molecular complexity index is 1090. The summed E-state index contributed by atoms with van der Waals surface area (Å²) in [4.78, 5) is 24.0. The number of methoxy groups -OCH3 is 2. The van der Waals surface area contributed by atoms with Crippen molar-refractivity contribution in [1.82, 2.24) is 0 Å². The van der Waals surface area contributed by atoms with Gasteiger partial charge in [-0.25, -0.2) is 4.79 Å². The molecular formula is C26H25NO6. The van der Waals surface area contributed by atoms with Gasteiger partial charge in [-0.15, -0.1) is 0 Å². The molecule has 7 heteroatoms. The number of hydrogen-bond donors (Lipinski definition) is 1. The molecule has 1 N–H and O–H groups in total. The minimum Gasteiger partial charge on any atom is -0.493 e. The third-order valence-corrected chi connectivity index (χ3v) is 4.55. The maximum Gasteiger partial charge on any atom is 0.331 e. The molecule has 3 aromatic rings. The van der Waals surface area contributed by atoms with E-state index in [1.54, 1.807) is 55.7 Å². The molecule has 0 fully saturated rings. The van der Waals surface area contributed by atoms with Crippen molar-refractivity contribution in [2.45, 2.75) is 6.61 Å². The van der Waals surface area contributed by atoms with Gasteiger partial charge < -0.3 is 24.3 Å². The molecule has 0 atom stereocenters. The van der Waals surface area contributed by atoms with Crippen LogP contribution in [-0.4, -0.2) is 32.7 Å². The Morgan fingerprint density at radius 2 is 1.61 bits per heavy atom. The minimum atomic E-state index is -0.635. The van der Waals surface area contributed by atoms with E-state index >= 15 is 0 Å². The van der Waals surface area contributed by atoms with E-state index in [9.17, 15) is 9.59 Å². The van der Waals surface area contributed by atoms with Crippen LogP contribution in [0.1, 0.15) is 11.1 Å². The Balaban J connectivity index is 1.43. The van der Waals surface area contributed by atoms with Crippen LogP contribution in [0.2, 0.25) is 0 Å². The lowest BCUT2D eigenvalue weighted by molar-refractivity contribution is -0.142. The van der Waals surface area contributed by atoms with E-state index in [0.717, 1.165) is 11.1 Å². The molecule has 0 heterocycles. The second-order valence-electron chi connectivity index (χ2n) is 6.90. The summed E-state index contributed by atoms with van der Waals surface area (Å²) < 4.78 is 21.1. The number of hydrogen-bond acceptors (Lipinski definition) is 6. The highest BCUT2D eigenvalue weighted by atomic mass is 16.5. The first kappa shape index (κ1) is 23.4. The highest BCUT2D eigenvalue weighted by molar-refractivity contribution is 5.94. The number of rotatable bonds is 10. The average molecular weight is 447 g/mol. The smallest absolute Gasteiger partial charge is 0.331 e. The number of amides is 1. The number of carbonyl (C=O) groups excluding carboxylic acids is 2. The van der Waals surface area contributed by atoms with Crippen LogP contribution in [0.5, 0.6) is 17.2 Å². The second kappa shape index (κ2) is 12.0. The standard InChI is InChI=1S/C26H25NO6/c1-30-23-14-8-19(16-24(23)31-2)9-15-26(29)33-18-25(28)27-21-10-12-22(13-11-21)32-17-20-6-4-3-5-7-20/h3-16H,17-18H2,1-2H3,(H,27,28)/b15-9+. The van der Waals surface area contributed by atoms with Gasteiger partial charge in [0.1, 0.15) is 12.4 Å². The van der Waals surface area contributed by atoms with E-state index in [1.807, 2.05) is 30.3 Å². The average Bonchev–Trinajstić information content (AvgIpc) is 2.86. The van der Waals surface area contributed by atoms with Gasteiger partial charge >= 0.3 is 5.97 Å². The van der Waals surface area contributed by atoms with Gasteiger partial charge in [-0.2, -0.15) is 0 Å². The van der Waals surface area contributed by atoms with E-state index in [1.165, 1.54) is 13.2 Å². The molecule has 0 bridgehead atoms. The lowest BCUT2D eigenvalue weighted by atomic mass is 10.2. The number of carbonyl (C=O) groups is 2. The van der Waals surface area contributed by atoms with E-state index in [-0.39, 0.29) is 0 Å².